The molecule has 0 aliphatic rings. The van der Waals surface area contributed by atoms with E-state index in [-0.39, 0.29) is 17.3 Å². The summed E-state index contributed by atoms with van der Waals surface area (Å²) in [5.41, 5.74) is 2.10. The van der Waals surface area contributed by atoms with Crippen LogP contribution in [0.15, 0.2) is 71.5 Å². The Morgan fingerprint density at radius 2 is 1.78 bits per heavy atom. The summed E-state index contributed by atoms with van der Waals surface area (Å²) in [4.78, 5) is 28.7. The van der Waals surface area contributed by atoms with Crippen LogP contribution in [-0.2, 0) is 0 Å². The molecule has 0 fully saturated rings. The highest BCUT2D eigenvalue weighted by Gasteiger charge is 2.15. The predicted molar refractivity (Wildman–Crippen MR) is 105 cm³/mol. The number of nitrogens with one attached hydrogen (secondary N) is 2. The first-order valence-electron chi connectivity index (χ1n) is 8.13. The molecule has 7 heteroatoms. The van der Waals surface area contributed by atoms with Crippen molar-refractivity contribution < 1.29 is 4.79 Å². The molecule has 0 aliphatic heterocycles. The molecule has 2 heterocycles. The summed E-state index contributed by atoms with van der Waals surface area (Å²) in [7, 11) is 0. The number of carbonyl (C=O) groups is 1. The first kappa shape index (κ1) is 16.9. The number of nitrogens with zero attached hydrogens (tertiary/aromatic N) is 2. The van der Waals surface area contributed by atoms with Crippen LogP contribution in [0.3, 0.4) is 0 Å². The molecule has 27 heavy (non-hydrogen) atoms. The first-order chi connectivity index (χ1) is 13.1. The lowest BCUT2D eigenvalue weighted by molar-refractivity contribution is 0.102. The molecule has 6 nitrogen and oxygen atoms in total. The quantitative estimate of drug-likeness (QED) is 0.567. The van der Waals surface area contributed by atoms with Crippen LogP contribution < -0.4 is 10.9 Å². The van der Waals surface area contributed by atoms with E-state index in [4.69, 9.17) is 11.6 Å². The summed E-state index contributed by atoms with van der Waals surface area (Å²) in [5.74, 6) is -0.110. The maximum absolute atomic E-state index is 12.9. The number of halogens is 1. The molecule has 0 radical (unpaired) electrons. The van der Waals surface area contributed by atoms with Gasteiger partial charge in [-0.15, -0.1) is 0 Å². The van der Waals surface area contributed by atoms with E-state index >= 15 is 0 Å². The molecule has 0 saturated heterocycles. The number of benzene rings is 2. The van der Waals surface area contributed by atoms with E-state index < -0.39 is 0 Å². The molecule has 0 spiro atoms. The molecule has 132 valence electrons. The third-order valence-corrected chi connectivity index (χ3v) is 4.36. The standard InChI is InChI=1S/C20H13ClN4O2/c21-15-7-3-1-6-13(15)17-11-14(12-5-2-4-8-16(12)22-17)20(27)23-18-9-10-19(26)25-24-18/h1-11H,(H,25,26)(H,23,24,27). The average molecular weight is 377 g/mol. The van der Waals surface area contributed by atoms with Crippen molar-refractivity contribution in [1.82, 2.24) is 15.2 Å². The zero-order valence-corrected chi connectivity index (χ0v) is 14.7. The Bertz CT molecular complexity index is 1200. The Morgan fingerprint density at radius 3 is 2.56 bits per heavy atom. The number of para-hydroxylation sites is 1. The third-order valence-electron chi connectivity index (χ3n) is 4.03. The van der Waals surface area contributed by atoms with Crippen molar-refractivity contribution in [2.24, 2.45) is 0 Å². The lowest BCUT2D eigenvalue weighted by atomic mass is 10.0. The number of H-pyrrole nitrogens is 1. The van der Waals surface area contributed by atoms with Gasteiger partial charge in [-0.1, -0.05) is 48.0 Å². The van der Waals surface area contributed by atoms with Crippen molar-refractivity contribution >= 4 is 34.2 Å². The lowest BCUT2D eigenvalue weighted by Crippen LogP contribution is -2.16. The van der Waals surface area contributed by atoms with E-state index in [2.05, 4.69) is 20.5 Å². The topological polar surface area (TPSA) is 87.7 Å². The SMILES string of the molecule is O=C(Nc1ccc(=O)[nH]n1)c1cc(-c2ccccc2Cl)nc2ccccc12. The molecule has 0 bridgehead atoms. The zero-order valence-electron chi connectivity index (χ0n) is 13.9. The van der Waals surface area contributed by atoms with Gasteiger partial charge in [0.15, 0.2) is 5.82 Å². The molecule has 0 aliphatic carbocycles. The summed E-state index contributed by atoms with van der Waals surface area (Å²) in [6.07, 6.45) is 0. The second-order valence-electron chi connectivity index (χ2n) is 5.81. The maximum atomic E-state index is 12.9. The van der Waals surface area contributed by atoms with Crippen LogP contribution in [-0.4, -0.2) is 21.1 Å². The van der Waals surface area contributed by atoms with Crippen molar-refractivity contribution in [3.05, 3.63) is 87.7 Å². The highest BCUT2D eigenvalue weighted by molar-refractivity contribution is 6.33. The normalized spacial score (nSPS) is 10.7. The predicted octanol–water partition coefficient (Wildman–Crippen LogP) is 3.89. The fraction of sp³-hybridized carbons (Fsp3) is 0. The second kappa shape index (κ2) is 7.01. The largest absolute Gasteiger partial charge is 0.305 e. The molecule has 2 aromatic heterocycles. The minimum atomic E-state index is -0.360. The number of hydrogen-bond donors (Lipinski definition) is 2. The van der Waals surface area contributed by atoms with Gasteiger partial charge in [-0.25, -0.2) is 10.1 Å². The van der Waals surface area contributed by atoms with E-state index in [0.717, 1.165) is 5.56 Å². The molecule has 1 amide bonds. The maximum Gasteiger partial charge on any atom is 0.264 e. The smallest absolute Gasteiger partial charge is 0.264 e. The van der Waals surface area contributed by atoms with E-state index in [0.29, 0.717) is 27.2 Å². The molecule has 0 atom stereocenters. The van der Waals surface area contributed by atoms with Crippen molar-refractivity contribution in [3.63, 3.8) is 0 Å². The monoisotopic (exact) mass is 376 g/mol. The van der Waals surface area contributed by atoms with Crippen molar-refractivity contribution in [2.45, 2.75) is 0 Å². The molecule has 0 unspecified atom stereocenters. The first-order valence-corrected chi connectivity index (χ1v) is 8.51. The number of fused-ring (bicyclic) bond motifs is 1. The van der Waals surface area contributed by atoms with Gasteiger partial charge in [-0.3, -0.25) is 9.59 Å². The van der Waals surface area contributed by atoms with Crippen LogP contribution in [0.2, 0.25) is 5.02 Å². The Kier molecular flexibility index (Phi) is 4.40. The number of aromatic amines is 1. The van der Waals surface area contributed by atoms with Gasteiger partial charge < -0.3 is 5.32 Å². The Hall–Kier alpha value is -3.51. The van der Waals surface area contributed by atoms with E-state index in [1.807, 2.05) is 42.5 Å². The minimum absolute atomic E-state index is 0.250. The fourth-order valence-corrected chi connectivity index (χ4v) is 3.00. The molecule has 2 N–H and O–H groups in total. The van der Waals surface area contributed by atoms with Crippen LogP contribution in [0.25, 0.3) is 22.2 Å². The average Bonchev–Trinajstić information content (AvgIpc) is 2.69. The Balaban J connectivity index is 1.83. The van der Waals surface area contributed by atoms with Crippen LogP contribution in [0, 0.1) is 0 Å². The summed E-state index contributed by atoms with van der Waals surface area (Å²) < 4.78 is 0. The van der Waals surface area contributed by atoms with Crippen LogP contribution in [0.4, 0.5) is 5.82 Å². The van der Waals surface area contributed by atoms with Gasteiger partial charge in [0.1, 0.15) is 0 Å². The second-order valence-corrected chi connectivity index (χ2v) is 6.22. The highest BCUT2D eigenvalue weighted by Crippen LogP contribution is 2.30. The van der Waals surface area contributed by atoms with E-state index in [1.54, 1.807) is 12.1 Å². The Labute approximate surface area is 158 Å². The number of anilines is 1. The van der Waals surface area contributed by atoms with E-state index in [9.17, 15) is 9.59 Å². The number of rotatable bonds is 3. The van der Waals surface area contributed by atoms with Crippen LogP contribution in [0.1, 0.15) is 10.4 Å². The molecular formula is C20H13ClN4O2. The van der Waals surface area contributed by atoms with Gasteiger partial charge in [0.2, 0.25) is 0 Å². The van der Waals surface area contributed by atoms with Crippen LogP contribution >= 0.6 is 11.6 Å². The van der Waals surface area contributed by atoms with Crippen molar-refractivity contribution in [2.75, 3.05) is 5.32 Å². The lowest BCUT2D eigenvalue weighted by Gasteiger charge is -2.11. The third kappa shape index (κ3) is 3.43. The summed E-state index contributed by atoms with van der Waals surface area (Å²) >= 11 is 6.30. The Morgan fingerprint density at radius 1 is 1.00 bits per heavy atom. The number of hydrogen-bond acceptors (Lipinski definition) is 4. The van der Waals surface area contributed by atoms with Crippen LogP contribution in [0.5, 0.6) is 0 Å². The molecule has 4 rings (SSSR count). The van der Waals surface area contributed by atoms with Gasteiger partial charge in [-0.2, -0.15) is 5.10 Å². The highest BCUT2D eigenvalue weighted by atomic mass is 35.5. The summed E-state index contributed by atoms with van der Waals surface area (Å²) in [5, 5.41) is 10.0. The van der Waals surface area contributed by atoms with Gasteiger partial charge in [0, 0.05) is 22.0 Å². The fourth-order valence-electron chi connectivity index (χ4n) is 2.77. The summed E-state index contributed by atoms with van der Waals surface area (Å²) in [6, 6.07) is 19.1. The van der Waals surface area contributed by atoms with Gasteiger partial charge in [0.25, 0.3) is 11.5 Å². The molecule has 4 aromatic rings. The zero-order chi connectivity index (χ0) is 18.8. The minimum Gasteiger partial charge on any atom is -0.305 e. The summed E-state index contributed by atoms with van der Waals surface area (Å²) in [6.45, 7) is 0. The molecule has 0 saturated carbocycles. The molecular weight excluding hydrogens is 364 g/mol. The van der Waals surface area contributed by atoms with E-state index in [1.165, 1.54) is 12.1 Å². The van der Waals surface area contributed by atoms with Gasteiger partial charge in [-0.05, 0) is 24.3 Å². The van der Waals surface area contributed by atoms with Gasteiger partial charge >= 0.3 is 0 Å². The number of aromatic nitrogens is 3. The van der Waals surface area contributed by atoms with Gasteiger partial charge in [0.05, 0.1) is 16.8 Å². The number of carbonyl (C=O) groups excluding carboxylic acids is 1. The molecule has 2 aromatic carbocycles. The van der Waals surface area contributed by atoms with Crippen molar-refractivity contribution in [3.8, 4) is 11.3 Å². The van der Waals surface area contributed by atoms with Crippen molar-refractivity contribution in [1.29, 1.82) is 0 Å². The number of pyridine rings is 1. The number of amides is 1.